The summed E-state index contributed by atoms with van der Waals surface area (Å²) < 4.78 is 0. The molecule has 1 rings (SSSR count). The van der Waals surface area contributed by atoms with Gasteiger partial charge in [-0.2, -0.15) is 0 Å². The van der Waals surface area contributed by atoms with Crippen LogP contribution in [-0.4, -0.2) is 11.0 Å². The molecular weight excluding hydrogens is 128 g/mol. The number of hydrogen-bond donors (Lipinski definition) is 0. The van der Waals surface area contributed by atoms with Crippen molar-refractivity contribution in [2.75, 3.05) is 0 Å². The molecule has 0 bridgehead atoms. The monoisotopic (exact) mass is 132 g/mol. The lowest BCUT2D eigenvalue weighted by atomic mass is 9.85. The summed E-state index contributed by atoms with van der Waals surface area (Å²) in [6, 6.07) is 0. The number of carbonyl (C=O) groups is 2. The summed E-state index contributed by atoms with van der Waals surface area (Å²) in [6.45, 7) is 0. The molecule has 0 amide bonds. The summed E-state index contributed by atoms with van der Waals surface area (Å²) in [7, 11) is 0. The molecule has 1 aliphatic carbocycles. The van der Waals surface area contributed by atoms with Crippen molar-refractivity contribution in [2.24, 2.45) is 5.92 Å². The molecule has 1 fully saturated rings. The molecule has 0 radical (unpaired) electrons. The number of halogens is 1. The normalized spacial score (nSPS) is 20.4. The fourth-order valence-electron chi connectivity index (χ4n) is 0.650. The van der Waals surface area contributed by atoms with Crippen LogP contribution in [0.1, 0.15) is 12.8 Å². The predicted molar refractivity (Wildman–Crippen MR) is 28.6 cm³/mol. The van der Waals surface area contributed by atoms with E-state index in [1.165, 1.54) is 0 Å². The molecule has 0 atom stereocenters. The van der Waals surface area contributed by atoms with Crippen LogP contribution in [0.2, 0.25) is 0 Å². The zero-order valence-electron chi connectivity index (χ0n) is 4.19. The van der Waals surface area contributed by atoms with E-state index in [9.17, 15) is 9.59 Å². The number of carbonyl (C=O) groups excluding carboxylic acids is 2. The van der Waals surface area contributed by atoms with Crippen LogP contribution in [0.15, 0.2) is 0 Å². The molecule has 0 aromatic rings. The minimum absolute atomic E-state index is 0.143. The molecule has 44 valence electrons. The molecule has 0 heterocycles. The maximum Gasteiger partial charge on any atom is 0.225 e. The van der Waals surface area contributed by atoms with Gasteiger partial charge in [-0.05, 0) is 11.6 Å². The number of hydrogen-bond acceptors (Lipinski definition) is 2. The molecule has 0 aromatic heterocycles. The summed E-state index contributed by atoms with van der Waals surface area (Å²) in [5.74, 6) is -0.0202. The van der Waals surface area contributed by atoms with E-state index in [0.29, 0.717) is 12.8 Å². The highest BCUT2D eigenvalue weighted by Crippen LogP contribution is 2.24. The van der Waals surface area contributed by atoms with E-state index in [-0.39, 0.29) is 16.9 Å². The molecule has 0 saturated heterocycles. The number of rotatable bonds is 1. The van der Waals surface area contributed by atoms with Crippen molar-refractivity contribution in [1.82, 2.24) is 0 Å². The van der Waals surface area contributed by atoms with Crippen molar-refractivity contribution in [1.29, 1.82) is 0 Å². The third kappa shape index (κ3) is 0.892. The summed E-state index contributed by atoms with van der Waals surface area (Å²) in [4.78, 5) is 20.4. The summed E-state index contributed by atoms with van der Waals surface area (Å²) >= 11 is 5.05. The summed E-state index contributed by atoms with van der Waals surface area (Å²) in [5.41, 5.74) is 0. The standard InChI is InChI=1S/C5H5ClO2/c6-5(8)3-1-4(7)2-3/h3H,1-2H2. The van der Waals surface area contributed by atoms with Crippen LogP contribution >= 0.6 is 11.6 Å². The minimum Gasteiger partial charge on any atom is -0.300 e. The van der Waals surface area contributed by atoms with E-state index in [2.05, 4.69) is 0 Å². The van der Waals surface area contributed by atoms with Crippen molar-refractivity contribution in [3.8, 4) is 0 Å². The van der Waals surface area contributed by atoms with Gasteiger partial charge in [-0.25, -0.2) is 0 Å². The van der Waals surface area contributed by atoms with Gasteiger partial charge in [0.25, 0.3) is 0 Å². The van der Waals surface area contributed by atoms with E-state index in [0.717, 1.165) is 0 Å². The van der Waals surface area contributed by atoms with Crippen LogP contribution in [0, 0.1) is 5.92 Å². The molecule has 2 nitrogen and oxygen atoms in total. The lowest BCUT2D eigenvalue weighted by Crippen LogP contribution is -2.27. The average molecular weight is 133 g/mol. The van der Waals surface area contributed by atoms with Gasteiger partial charge < -0.3 is 0 Å². The smallest absolute Gasteiger partial charge is 0.225 e. The maximum atomic E-state index is 10.2. The van der Waals surface area contributed by atoms with Gasteiger partial charge in [-0.15, -0.1) is 0 Å². The van der Waals surface area contributed by atoms with E-state index in [1.54, 1.807) is 0 Å². The van der Waals surface area contributed by atoms with Crippen LogP contribution in [0.25, 0.3) is 0 Å². The first kappa shape index (κ1) is 5.76. The van der Waals surface area contributed by atoms with Crippen LogP contribution in [0.5, 0.6) is 0 Å². The number of ketones is 1. The second-order valence-electron chi connectivity index (χ2n) is 1.95. The molecule has 0 N–H and O–H groups in total. The Balaban J connectivity index is 2.35. The molecule has 8 heavy (non-hydrogen) atoms. The highest BCUT2D eigenvalue weighted by atomic mass is 35.5. The van der Waals surface area contributed by atoms with Gasteiger partial charge in [0.05, 0.1) is 0 Å². The molecular formula is C5H5ClO2. The largest absolute Gasteiger partial charge is 0.300 e. The zero-order chi connectivity index (χ0) is 6.15. The van der Waals surface area contributed by atoms with Crippen molar-refractivity contribution in [3.63, 3.8) is 0 Å². The van der Waals surface area contributed by atoms with E-state index in [1.807, 2.05) is 0 Å². The van der Waals surface area contributed by atoms with Crippen LogP contribution < -0.4 is 0 Å². The quantitative estimate of drug-likeness (QED) is 0.493. The fraction of sp³-hybridized carbons (Fsp3) is 0.600. The molecule has 0 spiro atoms. The van der Waals surface area contributed by atoms with Crippen molar-refractivity contribution in [2.45, 2.75) is 12.8 Å². The van der Waals surface area contributed by atoms with E-state index in [4.69, 9.17) is 11.6 Å². The van der Waals surface area contributed by atoms with Crippen molar-refractivity contribution in [3.05, 3.63) is 0 Å². The lowest BCUT2D eigenvalue weighted by molar-refractivity contribution is -0.133. The first-order valence-corrected chi connectivity index (χ1v) is 2.79. The van der Waals surface area contributed by atoms with Gasteiger partial charge in [0.2, 0.25) is 5.24 Å². The first-order valence-electron chi connectivity index (χ1n) is 2.41. The Morgan fingerprint density at radius 3 is 2.25 bits per heavy atom. The van der Waals surface area contributed by atoms with Crippen LogP contribution in [0.3, 0.4) is 0 Å². The molecule has 3 heteroatoms. The Labute approximate surface area is 51.8 Å². The fourth-order valence-corrected chi connectivity index (χ4v) is 0.805. The zero-order valence-corrected chi connectivity index (χ0v) is 4.94. The lowest BCUT2D eigenvalue weighted by Gasteiger charge is -2.18. The van der Waals surface area contributed by atoms with Gasteiger partial charge in [0.15, 0.2) is 0 Å². The third-order valence-electron chi connectivity index (χ3n) is 1.27. The van der Waals surface area contributed by atoms with E-state index >= 15 is 0 Å². The van der Waals surface area contributed by atoms with E-state index < -0.39 is 0 Å². The molecule has 1 aliphatic rings. The summed E-state index contributed by atoms with van der Waals surface area (Å²) in [5, 5.41) is -0.371. The Morgan fingerprint density at radius 2 is 2.12 bits per heavy atom. The SMILES string of the molecule is O=C1CC(C(=O)Cl)C1. The highest BCUT2D eigenvalue weighted by molar-refractivity contribution is 6.64. The topological polar surface area (TPSA) is 34.1 Å². The van der Waals surface area contributed by atoms with Gasteiger partial charge in [0, 0.05) is 18.8 Å². The van der Waals surface area contributed by atoms with Gasteiger partial charge in [-0.3, -0.25) is 9.59 Å². The maximum absolute atomic E-state index is 10.2. The Bertz CT molecular complexity index is 133. The van der Waals surface area contributed by atoms with Gasteiger partial charge in [-0.1, -0.05) is 0 Å². The highest BCUT2D eigenvalue weighted by Gasteiger charge is 2.31. The summed E-state index contributed by atoms with van der Waals surface area (Å²) in [6.07, 6.45) is 0.727. The molecule has 1 saturated carbocycles. The van der Waals surface area contributed by atoms with Crippen LogP contribution in [-0.2, 0) is 9.59 Å². The van der Waals surface area contributed by atoms with Crippen LogP contribution in [0.4, 0.5) is 0 Å². The first-order chi connectivity index (χ1) is 3.70. The molecule has 0 aliphatic heterocycles. The Kier molecular flexibility index (Phi) is 1.34. The second-order valence-corrected chi connectivity index (χ2v) is 2.32. The minimum atomic E-state index is -0.371. The van der Waals surface area contributed by atoms with Crippen molar-refractivity contribution < 1.29 is 9.59 Å². The average Bonchev–Trinajstić information content (AvgIpc) is 1.57. The predicted octanol–water partition coefficient (Wildman–Crippen LogP) is 0.731. The molecule has 0 unspecified atom stereocenters. The second kappa shape index (κ2) is 1.86. The molecule has 0 aromatic carbocycles. The van der Waals surface area contributed by atoms with Gasteiger partial charge in [0.1, 0.15) is 5.78 Å². The Morgan fingerprint density at radius 1 is 1.62 bits per heavy atom. The third-order valence-corrected chi connectivity index (χ3v) is 1.58. The van der Waals surface area contributed by atoms with Gasteiger partial charge >= 0.3 is 0 Å². The van der Waals surface area contributed by atoms with Crippen molar-refractivity contribution >= 4 is 22.6 Å². The number of Topliss-reactive ketones (excluding diaryl/α,β-unsaturated/α-hetero) is 1. The Hall–Kier alpha value is -0.370.